The first kappa shape index (κ1) is 19.4. The molecular formula is C26H26N4O. The molecule has 0 radical (unpaired) electrons. The van der Waals surface area contributed by atoms with Gasteiger partial charge in [-0.3, -0.25) is 4.79 Å². The zero-order valence-corrected chi connectivity index (χ0v) is 17.9. The van der Waals surface area contributed by atoms with Crippen LogP contribution in [0.15, 0.2) is 79.1 Å². The third-order valence-electron chi connectivity index (χ3n) is 6.08. The van der Waals surface area contributed by atoms with Crippen molar-refractivity contribution in [3.05, 3.63) is 102 Å². The second-order valence-electron chi connectivity index (χ2n) is 8.15. The summed E-state index contributed by atoms with van der Waals surface area (Å²) in [6.07, 6.45) is 4.85. The SMILES string of the molecule is CCC(C(=O)N1Cc2nn(-c3ccc(C)cc3)c(-n3cccc3)c2C1)c1ccccc1. The van der Waals surface area contributed by atoms with Crippen molar-refractivity contribution >= 4 is 5.91 Å². The molecule has 0 aliphatic carbocycles. The number of carbonyl (C=O) groups is 1. The van der Waals surface area contributed by atoms with Gasteiger partial charge in [-0.1, -0.05) is 55.0 Å². The van der Waals surface area contributed by atoms with Crippen LogP contribution in [0.5, 0.6) is 0 Å². The molecule has 1 atom stereocenters. The van der Waals surface area contributed by atoms with Gasteiger partial charge in [0.2, 0.25) is 5.91 Å². The van der Waals surface area contributed by atoms with Gasteiger partial charge in [-0.05, 0) is 43.2 Å². The van der Waals surface area contributed by atoms with Gasteiger partial charge in [0, 0.05) is 18.0 Å². The molecule has 5 heteroatoms. The Morgan fingerprint density at radius 3 is 2.35 bits per heavy atom. The molecule has 5 rings (SSSR count). The predicted molar refractivity (Wildman–Crippen MR) is 121 cm³/mol. The molecule has 0 N–H and O–H groups in total. The van der Waals surface area contributed by atoms with Crippen LogP contribution in [0.1, 0.15) is 41.6 Å². The smallest absolute Gasteiger partial charge is 0.230 e. The van der Waals surface area contributed by atoms with Crippen molar-refractivity contribution in [2.75, 3.05) is 0 Å². The third kappa shape index (κ3) is 3.46. The molecule has 0 saturated carbocycles. The maximum Gasteiger partial charge on any atom is 0.230 e. The Kier molecular flexibility index (Phi) is 4.94. The van der Waals surface area contributed by atoms with Gasteiger partial charge in [0.05, 0.1) is 30.4 Å². The molecule has 31 heavy (non-hydrogen) atoms. The lowest BCUT2D eigenvalue weighted by atomic mass is 9.95. The first-order chi connectivity index (χ1) is 15.2. The fourth-order valence-electron chi connectivity index (χ4n) is 4.42. The van der Waals surface area contributed by atoms with Crippen molar-refractivity contribution in [1.82, 2.24) is 19.2 Å². The number of amides is 1. The van der Waals surface area contributed by atoms with Crippen molar-refractivity contribution in [3.63, 3.8) is 0 Å². The molecule has 0 bridgehead atoms. The number of nitrogens with zero attached hydrogens (tertiary/aromatic N) is 4. The maximum absolute atomic E-state index is 13.4. The molecular weight excluding hydrogens is 384 g/mol. The number of hydrogen-bond acceptors (Lipinski definition) is 2. The first-order valence-electron chi connectivity index (χ1n) is 10.8. The number of aromatic nitrogens is 3. The highest BCUT2D eigenvalue weighted by atomic mass is 16.2. The van der Waals surface area contributed by atoms with Crippen molar-refractivity contribution in [2.45, 2.75) is 39.3 Å². The molecule has 2 aromatic carbocycles. The number of carbonyl (C=O) groups excluding carboxylic acids is 1. The van der Waals surface area contributed by atoms with Crippen LogP contribution in [0.25, 0.3) is 11.5 Å². The lowest BCUT2D eigenvalue weighted by Gasteiger charge is -2.23. The number of rotatable bonds is 5. The van der Waals surface area contributed by atoms with Gasteiger partial charge in [0.25, 0.3) is 0 Å². The van der Waals surface area contributed by atoms with Gasteiger partial charge in [-0.15, -0.1) is 0 Å². The minimum Gasteiger partial charge on any atom is -0.332 e. The van der Waals surface area contributed by atoms with E-state index in [4.69, 9.17) is 5.10 Å². The van der Waals surface area contributed by atoms with E-state index in [-0.39, 0.29) is 11.8 Å². The molecule has 0 fully saturated rings. The van der Waals surface area contributed by atoms with Gasteiger partial charge in [0.15, 0.2) is 0 Å². The standard InChI is InChI=1S/C26H26N4O/c1-3-22(20-9-5-4-6-10-20)26(31)29-17-23-24(18-29)27-30(21-13-11-19(2)12-14-21)25(23)28-15-7-8-16-28/h4-16,22H,3,17-18H2,1-2H3. The number of fused-ring (bicyclic) bond motifs is 1. The van der Waals surface area contributed by atoms with Gasteiger partial charge in [-0.25, -0.2) is 4.68 Å². The molecule has 0 spiro atoms. The largest absolute Gasteiger partial charge is 0.332 e. The summed E-state index contributed by atoms with van der Waals surface area (Å²) in [5, 5.41) is 4.94. The van der Waals surface area contributed by atoms with Gasteiger partial charge < -0.3 is 9.47 Å². The van der Waals surface area contributed by atoms with Gasteiger partial charge >= 0.3 is 0 Å². The summed E-state index contributed by atoms with van der Waals surface area (Å²) in [4.78, 5) is 15.4. The zero-order valence-electron chi connectivity index (χ0n) is 17.9. The van der Waals surface area contributed by atoms with E-state index in [2.05, 4.69) is 42.7 Å². The van der Waals surface area contributed by atoms with E-state index >= 15 is 0 Å². The summed E-state index contributed by atoms with van der Waals surface area (Å²) < 4.78 is 4.09. The molecule has 5 nitrogen and oxygen atoms in total. The minimum absolute atomic E-state index is 0.121. The average molecular weight is 411 g/mol. The predicted octanol–water partition coefficient (Wildman–Crippen LogP) is 5.01. The molecule has 2 aromatic heterocycles. The summed E-state index contributed by atoms with van der Waals surface area (Å²) in [5.74, 6) is 1.06. The third-order valence-corrected chi connectivity index (χ3v) is 6.08. The van der Waals surface area contributed by atoms with Crippen LogP contribution in [0.4, 0.5) is 0 Å². The topological polar surface area (TPSA) is 43.1 Å². The first-order valence-corrected chi connectivity index (χ1v) is 10.8. The summed E-state index contributed by atoms with van der Waals surface area (Å²) in [5.41, 5.74) is 5.41. The highest BCUT2D eigenvalue weighted by molar-refractivity contribution is 5.84. The Hall–Kier alpha value is -3.60. The molecule has 1 unspecified atom stereocenters. The second-order valence-corrected chi connectivity index (χ2v) is 8.15. The van der Waals surface area contributed by atoms with E-state index in [1.54, 1.807) is 0 Å². The summed E-state index contributed by atoms with van der Waals surface area (Å²) in [6, 6.07) is 22.5. The second kappa shape index (κ2) is 7.91. The Balaban J connectivity index is 1.50. The lowest BCUT2D eigenvalue weighted by molar-refractivity contribution is -0.133. The highest BCUT2D eigenvalue weighted by Crippen LogP contribution is 2.33. The molecule has 0 saturated heterocycles. The van der Waals surface area contributed by atoms with Crippen molar-refractivity contribution in [3.8, 4) is 11.5 Å². The normalized spacial score (nSPS) is 13.9. The van der Waals surface area contributed by atoms with E-state index in [9.17, 15) is 4.79 Å². The Bertz CT molecular complexity index is 1190. The fraction of sp³-hybridized carbons (Fsp3) is 0.231. The Labute approximate surface area is 182 Å². The van der Waals surface area contributed by atoms with E-state index in [0.717, 1.165) is 34.7 Å². The summed E-state index contributed by atoms with van der Waals surface area (Å²) >= 11 is 0. The number of benzene rings is 2. The highest BCUT2D eigenvalue weighted by Gasteiger charge is 2.34. The van der Waals surface area contributed by atoms with Crippen LogP contribution < -0.4 is 0 Å². The Morgan fingerprint density at radius 1 is 0.968 bits per heavy atom. The molecule has 1 aliphatic rings. The summed E-state index contributed by atoms with van der Waals surface area (Å²) in [7, 11) is 0. The van der Waals surface area contributed by atoms with E-state index < -0.39 is 0 Å². The zero-order chi connectivity index (χ0) is 21.4. The Morgan fingerprint density at radius 2 is 1.68 bits per heavy atom. The van der Waals surface area contributed by atoms with Crippen LogP contribution in [-0.4, -0.2) is 25.2 Å². The molecule has 4 aromatic rings. The monoisotopic (exact) mass is 410 g/mol. The van der Waals surface area contributed by atoms with Crippen molar-refractivity contribution < 1.29 is 4.79 Å². The average Bonchev–Trinajstić information content (AvgIpc) is 3.52. The van der Waals surface area contributed by atoms with Crippen LogP contribution in [0.3, 0.4) is 0 Å². The molecule has 1 aliphatic heterocycles. The van der Waals surface area contributed by atoms with Crippen molar-refractivity contribution in [1.29, 1.82) is 0 Å². The molecule has 156 valence electrons. The molecule has 1 amide bonds. The van der Waals surface area contributed by atoms with Crippen molar-refractivity contribution in [2.24, 2.45) is 0 Å². The van der Waals surface area contributed by atoms with Crippen LogP contribution in [0.2, 0.25) is 0 Å². The van der Waals surface area contributed by atoms with E-state index in [1.807, 2.05) is 64.4 Å². The minimum atomic E-state index is -0.121. The van der Waals surface area contributed by atoms with E-state index in [1.165, 1.54) is 5.56 Å². The fourth-order valence-corrected chi connectivity index (χ4v) is 4.42. The lowest BCUT2D eigenvalue weighted by Crippen LogP contribution is -2.31. The summed E-state index contributed by atoms with van der Waals surface area (Å²) in [6.45, 7) is 5.29. The quantitative estimate of drug-likeness (QED) is 0.464. The van der Waals surface area contributed by atoms with E-state index in [0.29, 0.717) is 13.1 Å². The maximum atomic E-state index is 13.4. The van der Waals surface area contributed by atoms with Crippen LogP contribution in [-0.2, 0) is 17.9 Å². The van der Waals surface area contributed by atoms with Gasteiger partial charge in [-0.2, -0.15) is 5.10 Å². The number of hydrogen-bond donors (Lipinski definition) is 0. The van der Waals surface area contributed by atoms with Crippen LogP contribution in [0, 0.1) is 6.92 Å². The van der Waals surface area contributed by atoms with Crippen LogP contribution >= 0.6 is 0 Å². The van der Waals surface area contributed by atoms with Gasteiger partial charge in [0.1, 0.15) is 5.82 Å². The number of aryl methyl sites for hydroxylation is 1. The molecule has 3 heterocycles.